The second-order valence-electron chi connectivity index (χ2n) is 20.2. The summed E-state index contributed by atoms with van der Waals surface area (Å²) in [5, 5.41) is 12.2. The third kappa shape index (κ3) is 6.88. The Morgan fingerprint density at radius 2 is 0.571 bits per heavy atom. The van der Waals surface area contributed by atoms with Gasteiger partial charge >= 0.3 is 0 Å². The van der Waals surface area contributed by atoms with Gasteiger partial charge in [-0.15, -0.1) is 0 Å². The van der Waals surface area contributed by atoms with Crippen molar-refractivity contribution in [3.8, 4) is 62.1 Å². The monoisotopic (exact) mass is 979 g/mol. The predicted molar refractivity (Wildman–Crippen MR) is 322 cm³/mol. The first-order valence-corrected chi connectivity index (χ1v) is 26.3. The van der Waals surface area contributed by atoms with E-state index >= 15 is 0 Å². The quantitative estimate of drug-likeness (QED) is 0.149. The predicted octanol–water partition coefficient (Wildman–Crippen LogP) is 18.7. The topological polar surface area (TPSA) is 40.6 Å². The molecule has 5 heteroatoms. The maximum Gasteiger partial charge on any atom is 0.160 e. The zero-order valence-electron chi connectivity index (χ0n) is 41.7. The summed E-state index contributed by atoms with van der Waals surface area (Å²) >= 11 is 0. The van der Waals surface area contributed by atoms with Crippen LogP contribution in [0.5, 0.6) is 0 Å². The van der Waals surface area contributed by atoms with Gasteiger partial charge in [0, 0.05) is 66.1 Å². The second-order valence-corrected chi connectivity index (χ2v) is 20.2. The summed E-state index contributed by atoms with van der Waals surface area (Å²) in [4.78, 5) is 10.4. The van der Waals surface area contributed by atoms with E-state index in [0.29, 0.717) is 5.82 Å². The highest BCUT2D eigenvalue weighted by Gasteiger charge is 2.19. The van der Waals surface area contributed by atoms with E-state index in [0.717, 1.165) is 61.7 Å². The molecular weight excluding hydrogens is 935 g/mol. The molecule has 4 heterocycles. The molecule has 0 bridgehead atoms. The fourth-order valence-corrected chi connectivity index (χ4v) is 12.3. The van der Waals surface area contributed by atoms with Crippen LogP contribution in [0, 0.1) is 0 Å². The standard InChI is InChI=1S/C72H45N5/c1-2-16-47(17-3-1)72-73-64(46-32-36-53(37-33-46)75-66-24-10-4-18-58(66)59-19-5-11-25-67(59)75)45-65(74-72)51-35-39-57-50(41-51)31-30-49-40-48(34-38-56(49)57)52-42-54(76-68-26-12-6-20-60(68)61-21-7-13-27-69(61)76)44-55(43-52)77-70-28-14-8-22-62(70)63-23-9-15-29-71(63)77/h1-45H. The van der Waals surface area contributed by atoms with Gasteiger partial charge in [0.25, 0.3) is 0 Å². The van der Waals surface area contributed by atoms with Crippen LogP contribution in [0.2, 0.25) is 0 Å². The van der Waals surface area contributed by atoms with Crippen LogP contribution in [0.3, 0.4) is 0 Å². The highest BCUT2D eigenvalue weighted by molar-refractivity contribution is 6.13. The van der Waals surface area contributed by atoms with E-state index in [1.807, 2.05) is 18.2 Å². The summed E-state index contributed by atoms with van der Waals surface area (Å²) < 4.78 is 7.22. The first-order chi connectivity index (χ1) is 38.2. The lowest BCUT2D eigenvalue weighted by Gasteiger charge is -2.16. The van der Waals surface area contributed by atoms with Gasteiger partial charge in [0.2, 0.25) is 0 Å². The number of benzene rings is 12. The van der Waals surface area contributed by atoms with Crippen molar-refractivity contribution in [2.75, 3.05) is 0 Å². The van der Waals surface area contributed by atoms with Crippen molar-refractivity contribution in [2.45, 2.75) is 0 Å². The van der Waals surface area contributed by atoms with Crippen molar-refractivity contribution >= 4 is 87.0 Å². The lowest BCUT2D eigenvalue weighted by molar-refractivity contribution is 1.13. The van der Waals surface area contributed by atoms with Crippen molar-refractivity contribution in [2.24, 2.45) is 0 Å². The van der Waals surface area contributed by atoms with E-state index in [1.54, 1.807) is 0 Å². The zero-order chi connectivity index (χ0) is 50.6. The number of hydrogen-bond acceptors (Lipinski definition) is 2. The molecule has 16 rings (SSSR count). The van der Waals surface area contributed by atoms with E-state index in [4.69, 9.17) is 9.97 Å². The number of nitrogens with zero attached hydrogens (tertiary/aromatic N) is 5. The van der Waals surface area contributed by atoms with Crippen LogP contribution >= 0.6 is 0 Å². The van der Waals surface area contributed by atoms with Gasteiger partial charge in [0.1, 0.15) is 0 Å². The summed E-state index contributed by atoms with van der Waals surface area (Å²) in [6.07, 6.45) is 0. The summed E-state index contributed by atoms with van der Waals surface area (Å²) in [6.45, 7) is 0. The number of para-hydroxylation sites is 6. The summed E-state index contributed by atoms with van der Waals surface area (Å²) in [6, 6.07) is 98.9. The molecule has 358 valence electrons. The van der Waals surface area contributed by atoms with Crippen LogP contribution in [0.15, 0.2) is 273 Å². The smallest absolute Gasteiger partial charge is 0.160 e. The lowest BCUT2D eigenvalue weighted by Crippen LogP contribution is -2.00. The molecule has 0 saturated heterocycles. The first-order valence-electron chi connectivity index (χ1n) is 26.3. The molecule has 0 amide bonds. The molecule has 0 aliphatic rings. The average molecular weight is 980 g/mol. The van der Waals surface area contributed by atoms with E-state index in [9.17, 15) is 0 Å². The SMILES string of the molecule is c1ccc(-c2nc(-c3ccc(-n4c5ccccc5c5ccccc54)cc3)cc(-c3ccc4c(ccc5cc(-c6cc(-n7c8ccccc8c8ccccc87)cc(-n7c8ccccc8c8ccccc87)c6)ccc54)c3)n2)cc1. The first kappa shape index (κ1) is 43.1. The molecule has 77 heavy (non-hydrogen) atoms. The highest BCUT2D eigenvalue weighted by Crippen LogP contribution is 2.40. The highest BCUT2D eigenvalue weighted by atomic mass is 15.0. The van der Waals surface area contributed by atoms with Gasteiger partial charge in [-0.3, -0.25) is 0 Å². The molecule has 0 unspecified atom stereocenters. The average Bonchev–Trinajstić information content (AvgIpc) is 4.17. The number of aromatic nitrogens is 5. The van der Waals surface area contributed by atoms with Gasteiger partial charge in [-0.25, -0.2) is 9.97 Å². The van der Waals surface area contributed by atoms with Crippen molar-refractivity contribution in [3.63, 3.8) is 0 Å². The number of fused-ring (bicyclic) bond motifs is 12. The van der Waals surface area contributed by atoms with E-state index in [1.165, 1.54) is 81.6 Å². The minimum absolute atomic E-state index is 0.694. The van der Waals surface area contributed by atoms with Crippen LogP contribution in [0.4, 0.5) is 0 Å². The van der Waals surface area contributed by atoms with Crippen molar-refractivity contribution in [1.82, 2.24) is 23.7 Å². The van der Waals surface area contributed by atoms with Gasteiger partial charge in [0.15, 0.2) is 5.82 Å². The molecule has 16 aromatic rings. The molecular formula is C72H45N5. The largest absolute Gasteiger partial charge is 0.309 e. The molecule has 0 aliphatic carbocycles. The molecule has 0 fully saturated rings. The molecule has 0 atom stereocenters. The Balaban J connectivity index is 0.809. The van der Waals surface area contributed by atoms with Gasteiger partial charge in [-0.2, -0.15) is 0 Å². The van der Waals surface area contributed by atoms with E-state index in [-0.39, 0.29) is 0 Å². The fraction of sp³-hybridized carbons (Fsp3) is 0. The minimum atomic E-state index is 0.694. The Bertz CT molecular complexity index is 4750. The van der Waals surface area contributed by atoms with Crippen LogP contribution in [-0.4, -0.2) is 23.7 Å². The van der Waals surface area contributed by atoms with Crippen molar-refractivity contribution in [3.05, 3.63) is 273 Å². The van der Waals surface area contributed by atoms with Gasteiger partial charge in [-0.1, -0.05) is 188 Å². The summed E-state index contributed by atoms with van der Waals surface area (Å²) in [5.74, 6) is 0.694. The molecule has 0 saturated carbocycles. The van der Waals surface area contributed by atoms with Crippen molar-refractivity contribution < 1.29 is 0 Å². The fourth-order valence-electron chi connectivity index (χ4n) is 12.3. The number of rotatable bonds is 7. The molecule has 12 aromatic carbocycles. The summed E-state index contributed by atoms with van der Waals surface area (Å²) in [5.41, 5.74) is 17.5. The third-order valence-electron chi connectivity index (χ3n) is 15.8. The van der Waals surface area contributed by atoms with Crippen LogP contribution in [-0.2, 0) is 0 Å². The number of hydrogen-bond donors (Lipinski definition) is 0. The van der Waals surface area contributed by atoms with Crippen molar-refractivity contribution in [1.29, 1.82) is 0 Å². The normalized spacial score (nSPS) is 11.9. The minimum Gasteiger partial charge on any atom is -0.309 e. The third-order valence-corrected chi connectivity index (χ3v) is 15.8. The Morgan fingerprint density at radius 1 is 0.208 bits per heavy atom. The Labute approximate surface area is 443 Å². The van der Waals surface area contributed by atoms with Gasteiger partial charge in [0.05, 0.1) is 44.5 Å². The molecule has 4 aromatic heterocycles. The van der Waals surface area contributed by atoms with Crippen LogP contribution < -0.4 is 0 Å². The molecule has 0 aliphatic heterocycles. The molecule has 5 nitrogen and oxygen atoms in total. The maximum atomic E-state index is 5.24. The van der Waals surface area contributed by atoms with E-state index < -0.39 is 0 Å². The van der Waals surface area contributed by atoms with Crippen LogP contribution in [0.1, 0.15) is 0 Å². The maximum absolute atomic E-state index is 5.24. The second kappa shape index (κ2) is 17.1. The Kier molecular flexibility index (Phi) is 9.57. The molecule has 0 N–H and O–H groups in total. The Hall–Kier alpha value is -10.4. The molecule has 0 radical (unpaired) electrons. The van der Waals surface area contributed by atoms with Gasteiger partial charge in [-0.05, 0) is 118 Å². The van der Waals surface area contributed by atoms with Gasteiger partial charge < -0.3 is 13.7 Å². The summed E-state index contributed by atoms with van der Waals surface area (Å²) in [7, 11) is 0. The van der Waals surface area contributed by atoms with E-state index in [2.05, 4.69) is 268 Å². The van der Waals surface area contributed by atoms with Crippen LogP contribution in [0.25, 0.3) is 149 Å². The zero-order valence-corrected chi connectivity index (χ0v) is 41.7. The Morgan fingerprint density at radius 3 is 1.03 bits per heavy atom. The lowest BCUT2D eigenvalue weighted by atomic mass is 9.95. The molecule has 0 spiro atoms.